The monoisotopic (exact) mass is 322 g/mol. The Hall–Kier alpha value is -1.70. The fourth-order valence-electron chi connectivity index (χ4n) is 4.02. The molecule has 1 aliphatic carbocycles. The van der Waals surface area contributed by atoms with Crippen molar-refractivity contribution in [2.24, 2.45) is 5.92 Å². The van der Waals surface area contributed by atoms with Crippen LogP contribution in [0.4, 0.5) is 0 Å². The molecule has 1 fully saturated rings. The van der Waals surface area contributed by atoms with E-state index in [1.54, 1.807) is 0 Å². The molecule has 1 heterocycles. The Morgan fingerprint density at radius 1 is 0.875 bits per heavy atom. The molecule has 1 aromatic carbocycles. The number of aromatic nitrogens is 2. The Kier molecular flexibility index (Phi) is 6.01. The largest absolute Gasteiger partial charge is 0.236 e. The molecule has 1 saturated carbocycles. The SMILES string of the molecule is CCCc1cnc(-c2ccc(C3CCC(CCC)CC3)cc2)nc1. The van der Waals surface area contributed by atoms with Gasteiger partial charge in [-0.15, -0.1) is 0 Å². The maximum atomic E-state index is 4.53. The first kappa shape index (κ1) is 17.1. The molecule has 128 valence electrons. The van der Waals surface area contributed by atoms with Crippen molar-refractivity contribution >= 4 is 0 Å². The third kappa shape index (κ3) is 4.23. The Labute approximate surface area is 146 Å². The average Bonchev–Trinajstić information content (AvgIpc) is 2.64. The van der Waals surface area contributed by atoms with Crippen LogP contribution in [-0.2, 0) is 6.42 Å². The van der Waals surface area contributed by atoms with Crippen LogP contribution < -0.4 is 0 Å². The molecule has 1 aliphatic rings. The van der Waals surface area contributed by atoms with Crippen LogP contribution in [0, 0.1) is 5.92 Å². The highest BCUT2D eigenvalue weighted by atomic mass is 14.9. The molecular weight excluding hydrogens is 292 g/mol. The Bertz CT molecular complexity index is 607. The quantitative estimate of drug-likeness (QED) is 0.635. The molecule has 0 N–H and O–H groups in total. The zero-order valence-electron chi connectivity index (χ0n) is 15.2. The van der Waals surface area contributed by atoms with Crippen LogP contribution in [0.3, 0.4) is 0 Å². The number of hydrogen-bond acceptors (Lipinski definition) is 2. The van der Waals surface area contributed by atoms with Crippen LogP contribution in [0.5, 0.6) is 0 Å². The first-order chi connectivity index (χ1) is 11.8. The van der Waals surface area contributed by atoms with E-state index in [1.165, 1.54) is 49.7 Å². The van der Waals surface area contributed by atoms with Crippen molar-refractivity contribution < 1.29 is 0 Å². The second-order valence-electron chi connectivity index (χ2n) is 7.29. The Morgan fingerprint density at radius 2 is 1.54 bits per heavy atom. The van der Waals surface area contributed by atoms with Crippen LogP contribution in [0.15, 0.2) is 36.7 Å². The van der Waals surface area contributed by atoms with Gasteiger partial charge in [-0.25, -0.2) is 9.97 Å². The van der Waals surface area contributed by atoms with E-state index in [9.17, 15) is 0 Å². The second kappa shape index (κ2) is 8.41. The lowest BCUT2D eigenvalue weighted by molar-refractivity contribution is 0.308. The van der Waals surface area contributed by atoms with E-state index < -0.39 is 0 Å². The summed E-state index contributed by atoms with van der Waals surface area (Å²) >= 11 is 0. The van der Waals surface area contributed by atoms with E-state index in [-0.39, 0.29) is 0 Å². The van der Waals surface area contributed by atoms with Gasteiger partial charge in [-0.1, -0.05) is 57.4 Å². The molecule has 0 radical (unpaired) electrons. The number of aryl methyl sites for hydroxylation is 1. The summed E-state index contributed by atoms with van der Waals surface area (Å²) in [5, 5.41) is 0. The topological polar surface area (TPSA) is 25.8 Å². The van der Waals surface area contributed by atoms with Crippen molar-refractivity contribution in [3.05, 3.63) is 47.8 Å². The lowest BCUT2D eigenvalue weighted by Crippen LogP contribution is -2.13. The lowest BCUT2D eigenvalue weighted by atomic mass is 9.77. The minimum atomic E-state index is 0.750. The maximum Gasteiger partial charge on any atom is 0.159 e. The smallest absolute Gasteiger partial charge is 0.159 e. The van der Waals surface area contributed by atoms with Gasteiger partial charge in [0.2, 0.25) is 0 Å². The van der Waals surface area contributed by atoms with Gasteiger partial charge in [0.1, 0.15) is 0 Å². The predicted octanol–water partition coefficient (Wildman–Crippen LogP) is 6.17. The molecule has 0 atom stereocenters. The normalized spacial score (nSPS) is 20.9. The molecule has 24 heavy (non-hydrogen) atoms. The van der Waals surface area contributed by atoms with Crippen LogP contribution >= 0.6 is 0 Å². The molecule has 0 unspecified atom stereocenters. The molecule has 3 rings (SSSR count). The fourth-order valence-corrected chi connectivity index (χ4v) is 4.02. The van der Waals surface area contributed by atoms with Gasteiger partial charge in [0.05, 0.1) is 0 Å². The van der Waals surface area contributed by atoms with E-state index in [2.05, 4.69) is 48.1 Å². The Balaban J connectivity index is 1.63. The van der Waals surface area contributed by atoms with Crippen LogP contribution in [0.2, 0.25) is 0 Å². The molecule has 0 aliphatic heterocycles. The minimum Gasteiger partial charge on any atom is -0.236 e. The average molecular weight is 322 g/mol. The number of benzene rings is 1. The maximum absolute atomic E-state index is 4.53. The van der Waals surface area contributed by atoms with Crippen LogP contribution in [0.25, 0.3) is 11.4 Å². The molecule has 0 bridgehead atoms. The molecule has 0 saturated heterocycles. The summed E-state index contributed by atoms with van der Waals surface area (Å²) in [6.45, 7) is 4.49. The molecule has 2 nitrogen and oxygen atoms in total. The van der Waals surface area contributed by atoms with E-state index in [0.29, 0.717) is 0 Å². The Morgan fingerprint density at radius 3 is 2.12 bits per heavy atom. The zero-order valence-corrected chi connectivity index (χ0v) is 15.2. The van der Waals surface area contributed by atoms with Crippen LogP contribution in [-0.4, -0.2) is 9.97 Å². The molecule has 0 spiro atoms. The lowest BCUT2D eigenvalue weighted by Gasteiger charge is -2.28. The summed E-state index contributed by atoms with van der Waals surface area (Å²) in [5.74, 6) is 2.56. The molecule has 2 heteroatoms. The molecule has 0 amide bonds. The molecular formula is C22H30N2. The predicted molar refractivity (Wildman–Crippen MR) is 101 cm³/mol. The molecule has 1 aromatic heterocycles. The number of hydrogen-bond donors (Lipinski definition) is 0. The van der Waals surface area contributed by atoms with Gasteiger partial charge >= 0.3 is 0 Å². The first-order valence-electron chi connectivity index (χ1n) is 9.71. The number of nitrogens with zero attached hydrogens (tertiary/aromatic N) is 2. The molecule has 2 aromatic rings. The zero-order chi connectivity index (χ0) is 16.8. The van der Waals surface area contributed by atoms with Gasteiger partial charge in [0.25, 0.3) is 0 Å². The highest BCUT2D eigenvalue weighted by Gasteiger charge is 2.21. The van der Waals surface area contributed by atoms with E-state index in [0.717, 1.165) is 36.1 Å². The third-order valence-corrected chi connectivity index (χ3v) is 5.43. The van der Waals surface area contributed by atoms with Gasteiger partial charge < -0.3 is 0 Å². The first-order valence-corrected chi connectivity index (χ1v) is 9.71. The van der Waals surface area contributed by atoms with Crippen molar-refractivity contribution in [3.8, 4) is 11.4 Å². The van der Waals surface area contributed by atoms with Gasteiger partial charge in [-0.05, 0) is 55.1 Å². The fraction of sp³-hybridized carbons (Fsp3) is 0.545. The highest BCUT2D eigenvalue weighted by Crippen LogP contribution is 2.37. The summed E-state index contributed by atoms with van der Waals surface area (Å²) in [7, 11) is 0. The van der Waals surface area contributed by atoms with Crippen molar-refractivity contribution in [1.82, 2.24) is 9.97 Å². The van der Waals surface area contributed by atoms with Crippen LogP contribution in [0.1, 0.15) is 75.8 Å². The second-order valence-corrected chi connectivity index (χ2v) is 7.29. The summed E-state index contributed by atoms with van der Waals surface area (Å²) in [6.07, 6.45) is 14.4. The minimum absolute atomic E-state index is 0.750. The van der Waals surface area contributed by atoms with Crippen molar-refractivity contribution in [3.63, 3.8) is 0 Å². The number of rotatable bonds is 6. The summed E-state index contributed by atoms with van der Waals surface area (Å²) in [4.78, 5) is 9.06. The van der Waals surface area contributed by atoms with Gasteiger partial charge in [-0.2, -0.15) is 0 Å². The van der Waals surface area contributed by atoms with E-state index in [4.69, 9.17) is 0 Å². The van der Waals surface area contributed by atoms with E-state index in [1.807, 2.05) is 12.4 Å². The van der Waals surface area contributed by atoms with E-state index >= 15 is 0 Å². The van der Waals surface area contributed by atoms with Gasteiger partial charge in [0.15, 0.2) is 5.82 Å². The summed E-state index contributed by atoms with van der Waals surface area (Å²) in [6, 6.07) is 8.98. The highest BCUT2D eigenvalue weighted by molar-refractivity contribution is 5.55. The van der Waals surface area contributed by atoms with Crippen molar-refractivity contribution in [2.75, 3.05) is 0 Å². The van der Waals surface area contributed by atoms with Crippen molar-refractivity contribution in [1.29, 1.82) is 0 Å². The summed E-state index contributed by atoms with van der Waals surface area (Å²) < 4.78 is 0. The third-order valence-electron chi connectivity index (χ3n) is 5.43. The summed E-state index contributed by atoms with van der Waals surface area (Å²) in [5.41, 5.74) is 3.85. The van der Waals surface area contributed by atoms with Gasteiger partial charge in [-0.3, -0.25) is 0 Å². The standard InChI is InChI=1S/C22H30N2/c1-3-5-17-7-9-19(10-8-17)20-11-13-21(14-12-20)22-23-15-18(6-4-2)16-24-22/h11-17,19H,3-10H2,1-2H3. The van der Waals surface area contributed by atoms with Gasteiger partial charge in [0, 0.05) is 18.0 Å². The van der Waals surface area contributed by atoms with Crippen molar-refractivity contribution in [2.45, 2.75) is 71.1 Å².